The van der Waals surface area contributed by atoms with Gasteiger partial charge in [-0.1, -0.05) is 23.3 Å². The third-order valence-corrected chi connectivity index (χ3v) is 4.97. The summed E-state index contributed by atoms with van der Waals surface area (Å²) in [6.45, 7) is 2.38. The van der Waals surface area contributed by atoms with Crippen LogP contribution in [0.25, 0.3) is 0 Å². The molecule has 140 valence electrons. The Morgan fingerprint density at radius 2 is 1.85 bits per heavy atom. The molecule has 1 aromatic heterocycles. The molecule has 26 heavy (non-hydrogen) atoms. The predicted molar refractivity (Wildman–Crippen MR) is 96.7 cm³/mol. The predicted octanol–water partition coefficient (Wildman–Crippen LogP) is 1.60. The largest absolute Gasteiger partial charge is 0.616 e. The Bertz CT molecular complexity index is 712. The maximum atomic E-state index is 11.2. The Balaban J connectivity index is 0.000000197. The van der Waals surface area contributed by atoms with Crippen LogP contribution in [0.3, 0.4) is 0 Å². The van der Waals surface area contributed by atoms with Crippen LogP contribution in [0.15, 0.2) is 40.8 Å². The number of benzene rings is 1. The Labute approximate surface area is 152 Å². The molecular weight excluding hydrogens is 362 g/mol. The highest BCUT2D eigenvalue weighted by atomic mass is 32.2. The number of hydrogen-bond acceptors (Lipinski definition) is 7. The highest BCUT2D eigenvalue weighted by Crippen LogP contribution is 2.18. The van der Waals surface area contributed by atoms with Gasteiger partial charge in [-0.3, -0.25) is 10.1 Å². The molecule has 1 saturated heterocycles. The van der Waals surface area contributed by atoms with Crippen LogP contribution in [-0.2, 0) is 17.7 Å². The van der Waals surface area contributed by atoms with Crippen molar-refractivity contribution in [1.29, 1.82) is 0 Å². The number of rotatable bonds is 4. The number of nitro groups is 1. The molecular formula is C16H19N3O6S. The lowest BCUT2D eigenvalue weighted by molar-refractivity contribution is -0.402. The van der Waals surface area contributed by atoms with Crippen molar-refractivity contribution in [3.05, 3.63) is 57.8 Å². The first-order chi connectivity index (χ1) is 12.4. The first-order valence-corrected chi connectivity index (χ1v) is 9.26. The zero-order valence-electron chi connectivity index (χ0n) is 13.9. The molecule has 0 radical (unpaired) electrons. The van der Waals surface area contributed by atoms with Gasteiger partial charge < -0.3 is 24.7 Å². The molecule has 0 unspecified atom stereocenters. The Hall–Kier alpha value is -2.56. The molecule has 0 bridgehead atoms. The Morgan fingerprint density at radius 1 is 1.23 bits per heavy atom. The number of aromatic carboxylic acids is 1. The highest BCUT2D eigenvalue weighted by Gasteiger charge is 2.19. The summed E-state index contributed by atoms with van der Waals surface area (Å²) >= 11 is -0.602. The van der Waals surface area contributed by atoms with Crippen LogP contribution in [0.2, 0.25) is 0 Å². The summed E-state index contributed by atoms with van der Waals surface area (Å²) in [7, 11) is 0. The van der Waals surface area contributed by atoms with Gasteiger partial charge >= 0.3 is 11.9 Å². The summed E-state index contributed by atoms with van der Waals surface area (Å²) in [6, 6.07) is 10.3. The van der Waals surface area contributed by atoms with Crippen molar-refractivity contribution in [2.24, 2.45) is 5.73 Å². The van der Waals surface area contributed by atoms with Gasteiger partial charge in [-0.15, -0.1) is 0 Å². The van der Waals surface area contributed by atoms with Crippen molar-refractivity contribution in [2.75, 3.05) is 29.5 Å². The number of carboxylic acids is 1. The van der Waals surface area contributed by atoms with E-state index in [0.29, 0.717) is 6.54 Å². The van der Waals surface area contributed by atoms with Crippen LogP contribution < -0.4 is 10.6 Å². The summed E-state index contributed by atoms with van der Waals surface area (Å²) < 4.78 is 15.5. The average molecular weight is 381 g/mol. The van der Waals surface area contributed by atoms with Gasteiger partial charge in [0, 0.05) is 12.2 Å². The van der Waals surface area contributed by atoms with Crippen molar-refractivity contribution < 1.29 is 23.8 Å². The van der Waals surface area contributed by atoms with Crippen LogP contribution in [0, 0.1) is 10.1 Å². The highest BCUT2D eigenvalue weighted by molar-refractivity contribution is 7.91. The number of carboxylic acid groups (broad SMARTS) is 1. The minimum absolute atomic E-state index is 0.434. The number of hydrogen-bond donors (Lipinski definition) is 2. The van der Waals surface area contributed by atoms with Crippen molar-refractivity contribution in [1.82, 2.24) is 0 Å². The Morgan fingerprint density at radius 3 is 2.27 bits per heavy atom. The summed E-state index contributed by atoms with van der Waals surface area (Å²) in [5.74, 6) is -0.741. The summed E-state index contributed by atoms with van der Waals surface area (Å²) in [5, 5.41) is 18.2. The number of anilines is 1. The third-order valence-electron chi connectivity index (χ3n) is 3.70. The zero-order chi connectivity index (χ0) is 19.1. The molecule has 0 atom stereocenters. The maximum Gasteiger partial charge on any atom is 0.433 e. The fourth-order valence-electron chi connectivity index (χ4n) is 2.28. The van der Waals surface area contributed by atoms with Crippen molar-refractivity contribution in [3.63, 3.8) is 0 Å². The monoisotopic (exact) mass is 381 g/mol. The van der Waals surface area contributed by atoms with E-state index in [4.69, 9.17) is 10.8 Å². The number of furan rings is 1. The molecule has 1 aliphatic rings. The molecule has 0 saturated carbocycles. The van der Waals surface area contributed by atoms with Gasteiger partial charge in [0.05, 0.1) is 19.2 Å². The van der Waals surface area contributed by atoms with E-state index in [1.807, 2.05) is 0 Å². The molecule has 0 amide bonds. The van der Waals surface area contributed by atoms with Crippen LogP contribution in [0.5, 0.6) is 0 Å². The standard InChI is InChI=1S/C11H16N2OS.C5H3NO5/c12-9-10-1-3-11(4-2-10)13-5-7-15(14)8-6-13;7-5(8)3-1-2-4(11-3)6(9)10/h1-4H,5-9,12H2;1-2H,(H,7,8). The molecule has 2 heterocycles. The summed E-state index contributed by atoms with van der Waals surface area (Å²) in [6.07, 6.45) is 0. The third kappa shape index (κ3) is 5.48. The van der Waals surface area contributed by atoms with Crippen molar-refractivity contribution in [3.8, 4) is 0 Å². The lowest BCUT2D eigenvalue weighted by Gasteiger charge is -2.29. The van der Waals surface area contributed by atoms with E-state index in [0.717, 1.165) is 42.3 Å². The number of nitrogens with two attached hydrogens (primary N) is 1. The molecule has 10 heteroatoms. The van der Waals surface area contributed by atoms with Crippen LogP contribution >= 0.6 is 0 Å². The summed E-state index contributed by atoms with van der Waals surface area (Å²) in [5.41, 5.74) is 7.91. The molecule has 1 fully saturated rings. The van der Waals surface area contributed by atoms with Gasteiger partial charge in [0.1, 0.15) is 16.4 Å². The van der Waals surface area contributed by atoms with Gasteiger partial charge in [0.2, 0.25) is 5.76 Å². The van der Waals surface area contributed by atoms with E-state index in [9.17, 15) is 19.5 Å². The lowest BCUT2D eigenvalue weighted by Crippen LogP contribution is -2.40. The van der Waals surface area contributed by atoms with E-state index in [2.05, 4.69) is 33.6 Å². The second-order valence-electron chi connectivity index (χ2n) is 5.41. The molecule has 1 aromatic carbocycles. The fourth-order valence-corrected chi connectivity index (χ4v) is 3.33. The molecule has 1 aliphatic heterocycles. The Kier molecular flexibility index (Phi) is 7.01. The van der Waals surface area contributed by atoms with Gasteiger partial charge in [-0.2, -0.15) is 0 Å². The van der Waals surface area contributed by atoms with E-state index >= 15 is 0 Å². The molecule has 9 nitrogen and oxygen atoms in total. The summed E-state index contributed by atoms with van der Waals surface area (Å²) in [4.78, 5) is 21.6. The van der Waals surface area contributed by atoms with Crippen molar-refractivity contribution in [2.45, 2.75) is 6.54 Å². The van der Waals surface area contributed by atoms with Gasteiger partial charge in [-0.05, 0) is 23.8 Å². The molecule has 0 spiro atoms. The molecule has 2 aromatic rings. The molecule has 3 rings (SSSR count). The lowest BCUT2D eigenvalue weighted by atomic mass is 10.2. The van der Waals surface area contributed by atoms with E-state index in [1.54, 1.807) is 0 Å². The van der Waals surface area contributed by atoms with E-state index in [-0.39, 0.29) is 0 Å². The topological polar surface area (TPSA) is 146 Å². The van der Waals surface area contributed by atoms with E-state index < -0.39 is 33.7 Å². The second-order valence-corrected chi connectivity index (χ2v) is 7.10. The van der Waals surface area contributed by atoms with Gasteiger partial charge in [0.15, 0.2) is 0 Å². The first-order valence-electron chi connectivity index (χ1n) is 7.77. The normalized spacial score (nSPS) is 14.5. The van der Waals surface area contributed by atoms with Gasteiger partial charge in [0.25, 0.3) is 0 Å². The number of carbonyl (C=O) groups is 1. The quantitative estimate of drug-likeness (QED) is 0.461. The second kappa shape index (κ2) is 9.22. The maximum absolute atomic E-state index is 11.2. The minimum atomic E-state index is -1.32. The fraction of sp³-hybridized carbons (Fsp3) is 0.312. The average Bonchev–Trinajstić information content (AvgIpc) is 3.14. The van der Waals surface area contributed by atoms with Crippen molar-refractivity contribution >= 4 is 28.7 Å². The van der Waals surface area contributed by atoms with E-state index in [1.165, 1.54) is 5.69 Å². The van der Waals surface area contributed by atoms with Crippen LogP contribution in [0.4, 0.5) is 11.6 Å². The SMILES string of the molecule is NCc1ccc(N2CC[S+]([O-])CC2)cc1.O=C(O)c1ccc([N+](=O)[O-])o1. The van der Waals surface area contributed by atoms with Crippen LogP contribution in [-0.4, -0.2) is 45.1 Å². The smallest absolute Gasteiger partial charge is 0.433 e. The van der Waals surface area contributed by atoms with Gasteiger partial charge in [-0.25, -0.2) is 4.79 Å². The first kappa shape index (κ1) is 19.8. The molecule has 3 N–H and O–H groups in total. The van der Waals surface area contributed by atoms with Crippen LogP contribution in [0.1, 0.15) is 16.1 Å². The minimum Gasteiger partial charge on any atom is -0.616 e. The number of nitrogens with zero attached hydrogens (tertiary/aromatic N) is 2. The zero-order valence-corrected chi connectivity index (χ0v) is 14.7. The molecule has 0 aliphatic carbocycles.